The topological polar surface area (TPSA) is 29.3 Å². The molecule has 0 aromatic heterocycles. The maximum atomic E-state index is 6.09. The second-order valence-electron chi connectivity index (χ2n) is 4.02. The molecule has 1 atom stereocenters. The highest BCUT2D eigenvalue weighted by atomic mass is 35.5. The Bertz CT molecular complexity index is 357. The molecule has 16 heavy (non-hydrogen) atoms. The summed E-state index contributed by atoms with van der Waals surface area (Å²) in [6.07, 6.45) is 1.07. The predicted molar refractivity (Wildman–Crippen MR) is 71.6 cm³/mol. The van der Waals surface area contributed by atoms with Crippen LogP contribution < -0.4 is 5.73 Å². The average molecular weight is 282 g/mol. The SMILES string of the molecule is Cl.NC1CCN(Cc2cc(Cl)ccc2Cl)C1. The first kappa shape index (κ1) is 14.1. The molecule has 1 unspecified atom stereocenters. The van der Waals surface area contributed by atoms with Crippen LogP contribution >= 0.6 is 35.6 Å². The lowest BCUT2D eigenvalue weighted by atomic mass is 10.2. The van der Waals surface area contributed by atoms with Gasteiger partial charge in [-0.05, 0) is 30.2 Å². The van der Waals surface area contributed by atoms with Gasteiger partial charge in [0.25, 0.3) is 0 Å². The number of rotatable bonds is 2. The summed E-state index contributed by atoms with van der Waals surface area (Å²) < 4.78 is 0. The zero-order chi connectivity index (χ0) is 10.8. The van der Waals surface area contributed by atoms with Crippen molar-refractivity contribution in [1.29, 1.82) is 0 Å². The van der Waals surface area contributed by atoms with E-state index in [0.29, 0.717) is 6.04 Å². The minimum Gasteiger partial charge on any atom is -0.326 e. The van der Waals surface area contributed by atoms with Gasteiger partial charge in [-0.25, -0.2) is 0 Å². The molecule has 5 heteroatoms. The van der Waals surface area contributed by atoms with Gasteiger partial charge in [0.1, 0.15) is 0 Å². The highest BCUT2D eigenvalue weighted by molar-refractivity contribution is 6.33. The van der Waals surface area contributed by atoms with Crippen LogP contribution in [0, 0.1) is 0 Å². The Balaban J connectivity index is 0.00000128. The summed E-state index contributed by atoms with van der Waals surface area (Å²) in [5, 5.41) is 1.51. The Morgan fingerprint density at radius 1 is 1.38 bits per heavy atom. The number of hydrogen-bond donors (Lipinski definition) is 1. The standard InChI is InChI=1S/C11H14Cl2N2.ClH/c12-9-1-2-11(13)8(5-9)6-15-4-3-10(14)7-15;/h1-2,5,10H,3-4,6-7,14H2;1H. The van der Waals surface area contributed by atoms with Crippen LogP contribution in [-0.4, -0.2) is 24.0 Å². The van der Waals surface area contributed by atoms with E-state index in [-0.39, 0.29) is 12.4 Å². The highest BCUT2D eigenvalue weighted by Gasteiger charge is 2.19. The first-order valence-corrected chi connectivity index (χ1v) is 5.82. The zero-order valence-electron chi connectivity index (χ0n) is 8.83. The second-order valence-corrected chi connectivity index (χ2v) is 4.86. The minimum absolute atomic E-state index is 0. The summed E-state index contributed by atoms with van der Waals surface area (Å²) in [6.45, 7) is 2.83. The van der Waals surface area contributed by atoms with Crippen LogP contribution in [0.2, 0.25) is 10.0 Å². The molecule has 1 fully saturated rings. The first-order valence-electron chi connectivity index (χ1n) is 5.07. The number of hydrogen-bond acceptors (Lipinski definition) is 2. The van der Waals surface area contributed by atoms with Crippen LogP contribution in [0.3, 0.4) is 0 Å². The summed E-state index contributed by atoms with van der Waals surface area (Å²) in [5.74, 6) is 0. The Morgan fingerprint density at radius 2 is 2.12 bits per heavy atom. The fourth-order valence-corrected chi connectivity index (χ4v) is 2.28. The minimum atomic E-state index is 0. The number of halogens is 3. The lowest BCUT2D eigenvalue weighted by molar-refractivity contribution is 0.327. The highest BCUT2D eigenvalue weighted by Crippen LogP contribution is 2.23. The molecule has 2 N–H and O–H groups in total. The molecular formula is C11H15Cl3N2. The normalized spacial score (nSPS) is 20.8. The Morgan fingerprint density at radius 3 is 2.75 bits per heavy atom. The molecular weight excluding hydrogens is 266 g/mol. The van der Waals surface area contributed by atoms with Crippen molar-refractivity contribution in [1.82, 2.24) is 4.90 Å². The monoisotopic (exact) mass is 280 g/mol. The lowest BCUT2D eigenvalue weighted by Gasteiger charge is -2.16. The molecule has 1 aliphatic heterocycles. The van der Waals surface area contributed by atoms with Crippen molar-refractivity contribution in [3.63, 3.8) is 0 Å². The van der Waals surface area contributed by atoms with Crippen molar-refractivity contribution >= 4 is 35.6 Å². The van der Waals surface area contributed by atoms with E-state index >= 15 is 0 Å². The Kier molecular flexibility index (Phi) is 5.35. The number of benzene rings is 1. The first-order chi connectivity index (χ1) is 7.15. The number of likely N-dealkylation sites (tertiary alicyclic amines) is 1. The Labute approximate surface area is 112 Å². The summed E-state index contributed by atoms with van der Waals surface area (Å²) in [6, 6.07) is 5.88. The molecule has 0 amide bonds. The molecule has 0 radical (unpaired) electrons. The third-order valence-electron chi connectivity index (χ3n) is 2.71. The quantitative estimate of drug-likeness (QED) is 0.903. The summed E-state index contributed by atoms with van der Waals surface area (Å²) >= 11 is 12.0. The van der Waals surface area contributed by atoms with Crippen LogP contribution in [0.4, 0.5) is 0 Å². The van der Waals surface area contributed by atoms with E-state index in [1.54, 1.807) is 0 Å². The predicted octanol–water partition coefficient (Wildman–Crippen LogP) is 2.95. The average Bonchev–Trinajstić information content (AvgIpc) is 2.58. The van der Waals surface area contributed by atoms with Crippen LogP contribution in [0.5, 0.6) is 0 Å². The van der Waals surface area contributed by atoms with Gasteiger partial charge in [0.15, 0.2) is 0 Å². The van der Waals surface area contributed by atoms with Gasteiger partial charge in [-0.15, -0.1) is 12.4 Å². The molecule has 90 valence electrons. The van der Waals surface area contributed by atoms with Crippen LogP contribution in [0.25, 0.3) is 0 Å². The molecule has 2 nitrogen and oxygen atoms in total. The van der Waals surface area contributed by atoms with Crippen molar-refractivity contribution in [2.75, 3.05) is 13.1 Å². The van der Waals surface area contributed by atoms with E-state index < -0.39 is 0 Å². The van der Waals surface area contributed by atoms with Gasteiger partial charge in [0.2, 0.25) is 0 Å². The van der Waals surface area contributed by atoms with Gasteiger partial charge in [0, 0.05) is 35.7 Å². The summed E-state index contributed by atoms with van der Waals surface area (Å²) in [7, 11) is 0. The van der Waals surface area contributed by atoms with Gasteiger partial charge in [-0.2, -0.15) is 0 Å². The van der Waals surface area contributed by atoms with E-state index in [4.69, 9.17) is 28.9 Å². The number of nitrogens with two attached hydrogens (primary N) is 1. The van der Waals surface area contributed by atoms with E-state index in [9.17, 15) is 0 Å². The van der Waals surface area contributed by atoms with Crippen molar-refractivity contribution in [3.8, 4) is 0 Å². The molecule has 0 bridgehead atoms. The van der Waals surface area contributed by atoms with Crippen LogP contribution in [0.15, 0.2) is 18.2 Å². The van der Waals surface area contributed by atoms with Gasteiger partial charge in [0.05, 0.1) is 0 Å². The fourth-order valence-electron chi connectivity index (χ4n) is 1.91. The molecule has 1 aromatic rings. The van der Waals surface area contributed by atoms with Gasteiger partial charge < -0.3 is 5.73 Å². The van der Waals surface area contributed by atoms with E-state index in [1.165, 1.54) is 0 Å². The maximum Gasteiger partial charge on any atom is 0.0452 e. The van der Waals surface area contributed by atoms with E-state index in [1.807, 2.05) is 18.2 Å². The van der Waals surface area contributed by atoms with E-state index in [0.717, 1.165) is 41.7 Å². The van der Waals surface area contributed by atoms with Gasteiger partial charge in [-0.3, -0.25) is 4.90 Å². The van der Waals surface area contributed by atoms with Crippen molar-refractivity contribution < 1.29 is 0 Å². The van der Waals surface area contributed by atoms with Gasteiger partial charge in [-0.1, -0.05) is 23.2 Å². The third kappa shape index (κ3) is 3.51. The molecule has 0 aliphatic carbocycles. The van der Waals surface area contributed by atoms with Crippen LogP contribution in [0.1, 0.15) is 12.0 Å². The molecule has 2 rings (SSSR count). The van der Waals surface area contributed by atoms with Crippen molar-refractivity contribution in [2.24, 2.45) is 5.73 Å². The lowest BCUT2D eigenvalue weighted by Crippen LogP contribution is -2.26. The molecule has 1 heterocycles. The summed E-state index contributed by atoms with van der Waals surface area (Å²) in [4.78, 5) is 2.31. The molecule has 0 saturated carbocycles. The number of nitrogens with zero attached hydrogens (tertiary/aromatic N) is 1. The largest absolute Gasteiger partial charge is 0.326 e. The third-order valence-corrected chi connectivity index (χ3v) is 3.31. The molecule has 1 aromatic carbocycles. The van der Waals surface area contributed by atoms with Crippen molar-refractivity contribution in [3.05, 3.63) is 33.8 Å². The Hall–Kier alpha value is 0.01000. The molecule has 1 saturated heterocycles. The van der Waals surface area contributed by atoms with E-state index in [2.05, 4.69) is 4.90 Å². The zero-order valence-corrected chi connectivity index (χ0v) is 11.2. The maximum absolute atomic E-state index is 6.09. The molecule has 0 spiro atoms. The van der Waals surface area contributed by atoms with Crippen LogP contribution in [-0.2, 0) is 6.54 Å². The van der Waals surface area contributed by atoms with Crippen molar-refractivity contribution in [2.45, 2.75) is 19.0 Å². The molecule has 1 aliphatic rings. The van der Waals surface area contributed by atoms with Gasteiger partial charge >= 0.3 is 0 Å². The second kappa shape index (κ2) is 6.08. The fraction of sp³-hybridized carbons (Fsp3) is 0.455. The smallest absolute Gasteiger partial charge is 0.0452 e. The summed E-state index contributed by atoms with van der Waals surface area (Å²) in [5.41, 5.74) is 6.93.